The number of benzene rings is 1. The van der Waals surface area contributed by atoms with Crippen LogP contribution in [-0.4, -0.2) is 45.9 Å². The molecule has 0 bridgehead atoms. The van der Waals surface area contributed by atoms with Gasteiger partial charge >= 0.3 is 0 Å². The molecule has 0 spiro atoms. The third-order valence-corrected chi connectivity index (χ3v) is 3.76. The smallest absolute Gasteiger partial charge is 0.168 e. The van der Waals surface area contributed by atoms with E-state index >= 15 is 0 Å². The van der Waals surface area contributed by atoms with Gasteiger partial charge in [-0.2, -0.15) is 5.10 Å². The van der Waals surface area contributed by atoms with Crippen molar-refractivity contribution in [1.82, 2.24) is 25.1 Å². The van der Waals surface area contributed by atoms with Crippen LogP contribution in [0, 0.1) is 0 Å². The fourth-order valence-electron chi connectivity index (χ4n) is 2.72. The van der Waals surface area contributed by atoms with Crippen LogP contribution in [0.3, 0.4) is 0 Å². The van der Waals surface area contributed by atoms with Gasteiger partial charge in [-0.25, -0.2) is 14.6 Å². The number of para-hydroxylation sites is 1. The average molecular weight is 280 g/mol. The van der Waals surface area contributed by atoms with Crippen LogP contribution in [0.25, 0.3) is 16.7 Å². The quantitative estimate of drug-likeness (QED) is 0.765. The molecule has 0 radical (unpaired) electrons. The predicted octanol–water partition coefficient (Wildman–Crippen LogP) is 1.23. The van der Waals surface area contributed by atoms with E-state index in [1.165, 1.54) is 0 Å². The predicted molar refractivity (Wildman–Crippen MR) is 81.7 cm³/mol. The molecule has 6 nitrogen and oxygen atoms in total. The summed E-state index contributed by atoms with van der Waals surface area (Å²) in [5, 5.41) is 8.85. The Morgan fingerprint density at radius 2 is 1.81 bits per heavy atom. The van der Waals surface area contributed by atoms with Gasteiger partial charge in [0.25, 0.3) is 0 Å². The summed E-state index contributed by atoms with van der Waals surface area (Å²) in [5.41, 5.74) is 1.86. The number of hydrogen-bond donors (Lipinski definition) is 1. The van der Waals surface area contributed by atoms with Gasteiger partial charge in [-0.3, -0.25) is 0 Å². The minimum atomic E-state index is 0.852. The van der Waals surface area contributed by atoms with Crippen LogP contribution in [0.4, 0.5) is 5.82 Å². The third-order valence-electron chi connectivity index (χ3n) is 3.76. The van der Waals surface area contributed by atoms with Crippen molar-refractivity contribution in [3.05, 3.63) is 42.9 Å². The highest BCUT2D eigenvalue weighted by Crippen LogP contribution is 2.24. The molecule has 3 heterocycles. The topological polar surface area (TPSA) is 58.9 Å². The van der Waals surface area contributed by atoms with E-state index in [1.807, 2.05) is 41.2 Å². The first kappa shape index (κ1) is 12.3. The van der Waals surface area contributed by atoms with Crippen LogP contribution >= 0.6 is 0 Å². The van der Waals surface area contributed by atoms with Gasteiger partial charge in [-0.1, -0.05) is 18.2 Å². The minimum Gasteiger partial charge on any atom is -0.353 e. The van der Waals surface area contributed by atoms with Gasteiger partial charge in [0.05, 0.1) is 17.3 Å². The second-order valence-electron chi connectivity index (χ2n) is 5.06. The molecule has 1 aliphatic heterocycles. The second-order valence-corrected chi connectivity index (χ2v) is 5.06. The summed E-state index contributed by atoms with van der Waals surface area (Å²) in [5.74, 6) is 0.976. The first-order valence-electron chi connectivity index (χ1n) is 7.13. The molecule has 2 aromatic heterocycles. The number of hydrogen-bond acceptors (Lipinski definition) is 5. The molecule has 1 N–H and O–H groups in total. The molecule has 0 saturated carbocycles. The van der Waals surface area contributed by atoms with E-state index in [4.69, 9.17) is 0 Å². The lowest BCUT2D eigenvalue weighted by Gasteiger charge is -2.28. The molecule has 21 heavy (non-hydrogen) atoms. The van der Waals surface area contributed by atoms with Gasteiger partial charge in [0, 0.05) is 26.2 Å². The monoisotopic (exact) mass is 280 g/mol. The van der Waals surface area contributed by atoms with E-state index in [9.17, 15) is 0 Å². The summed E-state index contributed by atoms with van der Waals surface area (Å²) < 4.78 is 1.86. The molecule has 0 aliphatic carbocycles. The maximum Gasteiger partial charge on any atom is 0.168 e. The normalized spacial score (nSPS) is 15.5. The molecule has 1 saturated heterocycles. The molecule has 1 aromatic carbocycles. The highest BCUT2D eigenvalue weighted by Gasteiger charge is 2.17. The Balaban J connectivity index is 1.83. The van der Waals surface area contributed by atoms with Crippen LogP contribution in [0.15, 0.2) is 42.9 Å². The molecule has 0 unspecified atom stereocenters. The molecule has 4 rings (SSSR count). The van der Waals surface area contributed by atoms with Crippen molar-refractivity contribution in [1.29, 1.82) is 0 Å². The first-order chi connectivity index (χ1) is 10.4. The SMILES string of the molecule is c1ccc(-n2ncc3c(N4CCNCC4)ncnc32)cc1. The van der Waals surface area contributed by atoms with Gasteiger partial charge in [0.2, 0.25) is 0 Å². The van der Waals surface area contributed by atoms with Crippen molar-refractivity contribution in [3.8, 4) is 5.69 Å². The van der Waals surface area contributed by atoms with Crippen molar-refractivity contribution in [2.75, 3.05) is 31.1 Å². The number of nitrogens with one attached hydrogen (secondary N) is 1. The van der Waals surface area contributed by atoms with Crippen molar-refractivity contribution >= 4 is 16.9 Å². The maximum absolute atomic E-state index is 4.49. The maximum atomic E-state index is 4.49. The van der Waals surface area contributed by atoms with Gasteiger partial charge < -0.3 is 10.2 Å². The summed E-state index contributed by atoms with van der Waals surface area (Å²) in [6.45, 7) is 3.89. The Morgan fingerprint density at radius 1 is 1.00 bits per heavy atom. The lowest BCUT2D eigenvalue weighted by molar-refractivity contribution is 0.586. The number of aromatic nitrogens is 4. The molecule has 1 fully saturated rings. The second kappa shape index (κ2) is 5.14. The lowest BCUT2D eigenvalue weighted by atomic mass is 10.3. The highest BCUT2D eigenvalue weighted by atomic mass is 15.3. The lowest BCUT2D eigenvalue weighted by Crippen LogP contribution is -2.44. The van der Waals surface area contributed by atoms with E-state index in [0.717, 1.165) is 48.7 Å². The van der Waals surface area contributed by atoms with Crippen molar-refractivity contribution in [2.24, 2.45) is 0 Å². The van der Waals surface area contributed by atoms with Crippen molar-refractivity contribution in [2.45, 2.75) is 0 Å². The Hall–Kier alpha value is -2.47. The van der Waals surface area contributed by atoms with Gasteiger partial charge in [-0.15, -0.1) is 0 Å². The average Bonchev–Trinajstić information content (AvgIpc) is 3.00. The molecule has 3 aromatic rings. The van der Waals surface area contributed by atoms with Crippen LogP contribution in [0.1, 0.15) is 0 Å². The molecule has 106 valence electrons. The van der Waals surface area contributed by atoms with Gasteiger partial charge in [0.1, 0.15) is 12.1 Å². The minimum absolute atomic E-state index is 0.852. The van der Waals surface area contributed by atoms with Crippen LogP contribution < -0.4 is 10.2 Å². The Labute approximate surface area is 122 Å². The Morgan fingerprint density at radius 3 is 2.62 bits per heavy atom. The van der Waals surface area contributed by atoms with Crippen LogP contribution in [0.5, 0.6) is 0 Å². The first-order valence-corrected chi connectivity index (χ1v) is 7.13. The number of fused-ring (bicyclic) bond motifs is 1. The summed E-state index contributed by atoms with van der Waals surface area (Å²) in [6, 6.07) is 10.1. The van der Waals surface area contributed by atoms with E-state index in [1.54, 1.807) is 6.33 Å². The molecule has 1 aliphatic rings. The van der Waals surface area contributed by atoms with Gasteiger partial charge in [-0.05, 0) is 12.1 Å². The fourth-order valence-corrected chi connectivity index (χ4v) is 2.72. The zero-order chi connectivity index (χ0) is 14.1. The molecular weight excluding hydrogens is 264 g/mol. The summed E-state index contributed by atoms with van der Waals surface area (Å²) >= 11 is 0. The molecule has 0 atom stereocenters. The van der Waals surface area contributed by atoms with Crippen LogP contribution in [0.2, 0.25) is 0 Å². The number of anilines is 1. The van der Waals surface area contributed by atoms with E-state index < -0.39 is 0 Å². The Bertz CT molecular complexity index is 745. The highest BCUT2D eigenvalue weighted by molar-refractivity contribution is 5.87. The number of rotatable bonds is 2. The van der Waals surface area contributed by atoms with Crippen molar-refractivity contribution < 1.29 is 0 Å². The third kappa shape index (κ3) is 2.13. The summed E-state index contributed by atoms with van der Waals surface area (Å²) in [7, 11) is 0. The number of nitrogens with zero attached hydrogens (tertiary/aromatic N) is 5. The zero-order valence-electron chi connectivity index (χ0n) is 11.6. The largest absolute Gasteiger partial charge is 0.353 e. The van der Waals surface area contributed by atoms with E-state index in [2.05, 4.69) is 25.3 Å². The van der Waals surface area contributed by atoms with E-state index in [-0.39, 0.29) is 0 Å². The van der Waals surface area contributed by atoms with Crippen molar-refractivity contribution in [3.63, 3.8) is 0 Å². The van der Waals surface area contributed by atoms with Crippen LogP contribution in [-0.2, 0) is 0 Å². The van der Waals surface area contributed by atoms with Gasteiger partial charge in [0.15, 0.2) is 5.65 Å². The summed E-state index contributed by atoms with van der Waals surface area (Å²) in [6.07, 6.45) is 3.49. The molecule has 0 amide bonds. The van der Waals surface area contributed by atoms with E-state index in [0.29, 0.717) is 0 Å². The molecule has 6 heteroatoms. The number of piperazine rings is 1. The summed E-state index contributed by atoms with van der Waals surface area (Å²) in [4.78, 5) is 11.2. The molecular formula is C15H16N6. The Kier molecular flexibility index (Phi) is 3.01. The standard InChI is InChI=1S/C15H16N6/c1-2-4-12(5-3-1)21-15-13(10-19-21)14(17-11-18-15)20-8-6-16-7-9-20/h1-5,10-11,16H,6-9H2. The fraction of sp³-hybridized carbons (Fsp3) is 0.267. The zero-order valence-corrected chi connectivity index (χ0v) is 11.6.